The molecule has 0 unspecified atom stereocenters. The molecule has 2 aromatic carbocycles. The van der Waals surface area contributed by atoms with Crippen LogP contribution in [0.3, 0.4) is 0 Å². The Morgan fingerprint density at radius 2 is 1.76 bits per heavy atom. The molecule has 1 saturated heterocycles. The molecule has 25 heavy (non-hydrogen) atoms. The molecular weight excluding hydrogens is 386 g/mol. The van der Waals surface area contributed by atoms with Crippen LogP contribution in [0.5, 0.6) is 0 Å². The highest BCUT2D eigenvalue weighted by atomic mass is 79.9. The molecule has 3 amide bonds. The molecule has 0 saturated carbocycles. The van der Waals surface area contributed by atoms with Crippen LogP contribution in [0.4, 0.5) is 5.69 Å². The van der Waals surface area contributed by atoms with Gasteiger partial charge < -0.3 is 0 Å². The van der Waals surface area contributed by atoms with Crippen LogP contribution in [0.1, 0.15) is 12.0 Å². The highest BCUT2D eigenvalue weighted by molar-refractivity contribution is 9.10. The van der Waals surface area contributed by atoms with Crippen molar-refractivity contribution in [3.8, 4) is 0 Å². The average molecular weight is 402 g/mol. The first-order valence-electron chi connectivity index (χ1n) is 7.75. The fourth-order valence-corrected chi connectivity index (χ4v) is 2.86. The third kappa shape index (κ3) is 4.12. The summed E-state index contributed by atoms with van der Waals surface area (Å²) >= 11 is 3.32. The number of carbonyl (C=O) groups excluding carboxylic acids is 3. The Kier molecular flexibility index (Phi) is 5.25. The first-order chi connectivity index (χ1) is 12.0. The summed E-state index contributed by atoms with van der Waals surface area (Å²) in [6.45, 7) is 0. The molecule has 1 heterocycles. The minimum absolute atomic E-state index is 0.000510. The van der Waals surface area contributed by atoms with Crippen molar-refractivity contribution in [2.75, 3.05) is 4.90 Å². The molecule has 0 aliphatic carbocycles. The van der Waals surface area contributed by atoms with Crippen molar-refractivity contribution in [1.29, 1.82) is 0 Å². The number of carbonyl (C=O) groups is 3. The fourth-order valence-electron chi connectivity index (χ4n) is 2.60. The lowest BCUT2D eigenvalue weighted by molar-refractivity contribution is -0.122. The molecule has 3 rings (SSSR count). The Morgan fingerprint density at radius 3 is 2.44 bits per heavy atom. The zero-order chi connectivity index (χ0) is 17.8. The lowest BCUT2D eigenvalue weighted by atomic mass is 10.1. The van der Waals surface area contributed by atoms with Crippen molar-refractivity contribution < 1.29 is 14.4 Å². The summed E-state index contributed by atoms with van der Waals surface area (Å²) in [4.78, 5) is 37.7. The van der Waals surface area contributed by atoms with E-state index in [9.17, 15) is 14.4 Å². The molecule has 1 fully saturated rings. The summed E-state index contributed by atoms with van der Waals surface area (Å²) in [6.07, 6.45) is 0.194. The summed E-state index contributed by atoms with van der Waals surface area (Å²) in [5.74, 6) is -0.956. The van der Waals surface area contributed by atoms with Crippen LogP contribution in [0.25, 0.3) is 0 Å². The van der Waals surface area contributed by atoms with Gasteiger partial charge in [-0.05, 0) is 29.8 Å². The number of anilines is 1. The SMILES string of the molecule is O=C(Cc1ccccc1)NN[C@@H]1CC(=O)N(c2ccc(Br)cc2)C1=O. The van der Waals surface area contributed by atoms with Gasteiger partial charge in [-0.25, -0.2) is 10.3 Å². The zero-order valence-electron chi connectivity index (χ0n) is 13.2. The van der Waals surface area contributed by atoms with Crippen LogP contribution in [0, 0.1) is 0 Å². The lowest BCUT2D eigenvalue weighted by Gasteiger charge is -2.16. The van der Waals surface area contributed by atoms with Crippen molar-refractivity contribution in [2.45, 2.75) is 18.9 Å². The van der Waals surface area contributed by atoms with E-state index < -0.39 is 6.04 Å². The Bertz CT molecular complexity index is 793. The van der Waals surface area contributed by atoms with Crippen molar-refractivity contribution in [3.05, 3.63) is 64.6 Å². The molecule has 0 radical (unpaired) electrons. The van der Waals surface area contributed by atoms with Crippen LogP contribution in [0.2, 0.25) is 0 Å². The van der Waals surface area contributed by atoms with Crippen LogP contribution in [0.15, 0.2) is 59.1 Å². The van der Waals surface area contributed by atoms with E-state index in [-0.39, 0.29) is 30.6 Å². The van der Waals surface area contributed by atoms with E-state index >= 15 is 0 Å². The van der Waals surface area contributed by atoms with Crippen LogP contribution in [-0.4, -0.2) is 23.8 Å². The number of amides is 3. The van der Waals surface area contributed by atoms with Gasteiger partial charge in [-0.1, -0.05) is 46.3 Å². The van der Waals surface area contributed by atoms with E-state index in [2.05, 4.69) is 26.8 Å². The summed E-state index contributed by atoms with van der Waals surface area (Å²) < 4.78 is 0.859. The van der Waals surface area contributed by atoms with Crippen molar-refractivity contribution in [2.24, 2.45) is 0 Å². The molecule has 0 bridgehead atoms. The molecule has 1 aliphatic heterocycles. The third-order valence-corrected chi connectivity index (χ3v) is 4.35. The maximum absolute atomic E-state index is 12.5. The lowest BCUT2D eigenvalue weighted by Crippen LogP contribution is -2.48. The second kappa shape index (κ2) is 7.58. The van der Waals surface area contributed by atoms with Gasteiger partial charge in [0.25, 0.3) is 5.91 Å². The van der Waals surface area contributed by atoms with Gasteiger partial charge in [0.15, 0.2) is 0 Å². The normalized spacial score (nSPS) is 17.0. The van der Waals surface area contributed by atoms with Crippen LogP contribution in [-0.2, 0) is 20.8 Å². The molecule has 7 heteroatoms. The number of benzene rings is 2. The maximum Gasteiger partial charge on any atom is 0.253 e. The Balaban J connectivity index is 1.59. The Hall–Kier alpha value is -2.51. The number of halogens is 1. The first kappa shape index (κ1) is 17.3. The fraction of sp³-hybridized carbons (Fsp3) is 0.167. The summed E-state index contributed by atoms with van der Waals surface area (Å²) in [5.41, 5.74) is 6.56. The van der Waals surface area contributed by atoms with Crippen molar-refractivity contribution in [3.63, 3.8) is 0 Å². The number of hydrogen-bond donors (Lipinski definition) is 2. The molecule has 1 aliphatic rings. The Labute approximate surface area is 153 Å². The van der Waals surface area contributed by atoms with E-state index in [0.717, 1.165) is 14.9 Å². The molecule has 0 spiro atoms. The molecular formula is C18H16BrN3O3. The molecule has 128 valence electrons. The quantitative estimate of drug-likeness (QED) is 0.592. The Morgan fingerprint density at radius 1 is 1.08 bits per heavy atom. The number of hydrazine groups is 1. The maximum atomic E-state index is 12.5. The number of imide groups is 1. The highest BCUT2D eigenvalue weighted by Crippen LogP contribution is 2.24. The standard InChI is InChI=1S/C18H16BrN3O3/c19-13-6-8-14(9-7-13)22-17(24)11-15(18(22)25)20-21-16(23)10-12-4-2-1-3-5-12/h1-9,15,20H,10-11H2,(H,21,23)/t15-/m1/s1. The second-order valence-corrected chi connectivity index (χ2v) is 6.57. The predicted octanol–water partition coefficient (Wildman–Crippen LogP) is 1.94. The smallest absolute Gasteiger partial charge is 0.253 e. The minimum atomic E-state index is -0.768. The van der Waals surface area contributed by atoms with Crippen LogP contribution >= 0.6 is 15.9 Å². The van der Waals surface area contributed by atoms with E-state index in [1.165, 1.54) is 0 Å². The summed E-state index contributed by atoms with van der Waals surface area (Å²) in [6, 6.07) is 15.4. The molecule has 2 N–H and O–H groups in total. The van der Waals surface area contributed by atoms with Gasteiger partial charge in [-0.15, -0.1) is 0 Å². The van der Waals surface area contributed by atoms with Gasteiger partial charge in [0, 0.05) is 4.47 Å². The predicted molar refractivity (Wildman–Crippen MR) is 96.5 cm³/mol. The number of hydrogen-bond acceptors (Lipinski definition) is 4. The van der Waals surface area contributed by atoms with Crippen molar-refractivity contribution in [1.82, 2.24) is 10.9 Å². The molecule has 2 aromatic rings. The molecule has 6 nitrogen and oxygen atoms in total. The number of nitrogens with one attached hydrogen (secondary N) is 2. The van der Waals surface area contributed by atoms with Crippen molar-refractivity contribution >= 4 is 39.3 Å². The monoisotopic (exact) mass is 401 g/mol. The second-order valence-electron chi connectivity index (χ2n) is 5.66. The van der Waals surface area contributed by atoms with Gasteiger partial charge in [0.2, 0.25) is 11.8 Å². The summed E-state index contributed by atoms with van der Waals surface area (Å²) in [7, 11) is 0. The van der Waals surface area contributed by atoms with Gasteiger partial charge in [-0.2, -0.15) is 0 Å². The van der Waals surface area contributed by atoms with Crippen LogP contribution < -0.4 is 15.8 Å². The van der Waals surface area contributed by atoms with E-state index in [1.54, 1.807) is 24.3 Å². The highest BCUT2D eigenvalue weighted by Gasteiger charge is 2.39. The first-order valence-corrected chi connectivity index (χ1v) is 8.54. The van der Waals surface area contributed by atoms with E-state index in [0.29, 0.717) is 5.69 Å². The summed E-state index contributed by atoms with van der Waals surface area (Å²) in [5, 5.41) is 0. The number of rotatable bonds is 5. The molecule has 0 aromatic heterocycles. The van der Waals surface area contributed by atoms with E-state index in [1.807, 2.05) is 30.3 Å². The number of nitrogens with zero attached hydrogens (tertiary/aromatic N) is 1. The van der Waals surface area contributed by atoms with Gasteiger partial charge >= 0.3 is 0 Å². The van der Waals surface area contributed by atoms with E-state index in [4.69, 9.17) is 0 Å². The molecule has 1 atom stereocenters. The minimum Gasteiger partial charge on any atom is -0.291 e. The average Bonchev–Trinajstić information content (AvgIpc) is 2.89. The largest absolute Gasteiger partial charge is 0.291 e. The van der Waals surface area contributed by atoms with Gasteiger partial charge in [-0.3, -0.25) is 19.8 Å². The van der Waals surface area contributed by atoms with Gasteiger partial charge in [0.1, 0.15) is 6.04 Å². The topological polar surface area (TPSA) is 78.5 Å². The van der Waals surface area contributed by atoms with Gasteiger partial charge in [0.05, 0.1) is 18.5 Å². The third-order valence-electron chi connectivity index (χ3n) is 3.82. The zero-order valence-corrected chi connectivity index (χ0v) is 14.8.